The molecule has 0 bridgehead atoms. The normalized spacial score (nSPS) is 30.2. The number of thiophene rings is 1. The molecule has 2 aromatic rings. The molecule has 0 radical (unpaired) electrons. The van der Waals surface area contributed by atoms with Crippen LogP contribution in [0.1, 0.15) is 41.6 Å². The second-order valence-corrected chi connectivity index (χ2v) is 10.5. The van der Waals surface area contributed by atoms with Gasteiger partial charge in [-0.25, -0.2) is 4.98 Å². The lowest BCUT2D eigenvalue weighted by molar-refractivity contribution is 0.0142. The van der Waals surface area contributed by atoms with E-state index < -0.39 is 0 Å². The van der Waals surface area contributed by atoms with Gasteiger partial charge in [0, 0.05) is 24.0 Å². The van der Waals surface area contributed by atoms with E-state index in [2.05, 4.69) is 34.7 Å². The highest BCUT2D eigenvalue weighted by molar-refractivity contribution is 7.21. The van der Waals surface area contributed by atoms with Gasteiger partial charge in [-0.15, -0.1) is 11.3 Å². The number of pyridine rings is 1. The molecule has 7 nitrogen and oxygen atoms in total. The van der Waals surface area contributed by atoms with Gasteiger partial charge in [0.2, 0.25) is 0 Å². The molecule has 0 aromatic carbocycles. The van der Waals surface area contributed by atoms with E-state index in [0.29, 0.717) is 23.7 Å². The third-order valence-electron chi connectivity index (χ3n) is 7.06. The number of aryl methyl sites for hydroxylation is 1. The van der Waals surface area contributed by atoms with Gasteiger partial charge in [0.05, 0.1) is 17.8 Å². The molecule has 170 valence electrons. The molecule has 0 spiro atoms. The Balaban J connectivity index is 1.27. The highest BCUT2D eigenvalue weighted by atomic mass is 32.1. The van der Waals surface area contributed by atoms with Crippen molar-refractivity contribution in [2.24, 2.45) is 11.3 Å². The summed E-state index contributed by atoms with van der Waals surface area (Å²) in [6.07, 6.45) is 6.48. The fourth-order valence-corrected chi connectivity index (χ4v) is 6.26. The zero-order valence-corrected chi connectivity index (χ0v) is 19.3. The number of hydrogen-bond acceptors (Lipinski definition) is 7. The molecule has 5 N–H and O–H groups in total. The van der Waals surface area contributed by atoms with E-state index in [1.165, 1.54) is 11.3 Å². The zero-order valence-electron chi connectivity index (χ0n) is 18.5. The fourth-order valence-electron chi connectivity index (χ4n) is 5.22. The largest absolute Gasteiger partial charge is 0.495 e. The Morgan fingerprint density at radius 3 is 3.09 bits per heavy atom. The summed E-state index contributed by atoms with van der Waals surface area (Å²) < 4.78 is 6.13. The predicted molar refractivity (Wildman–Crippen MR) is 126 cm³/mol. The minimum Gasteiger partial charge on any atom is -0.495 e. The number of fused-ring (bicyclic) bond motifs is 1. The van der Waals surface area contributed by atoms with Crippen LogP contribution in [0.5, 0.6) is 0 Å². The van der Waals surface area contributed by atoms with E-state index in [4.69, 9.17) is 10.5 Å². The third kappa shape index (κ3) is 3.80. The number of β-amino-alcohol motifs (C(OH)–C–C–N with tert-alkyl or cyclic N) is 1. The second kappa shape index (κ2) is 8.17. The van der Waals surface area contributed by atoms with Crippen LogP contribution in [-0.2, 0) is 4.74 Å². The van der Waals surface area contributed by atoms with Gasteiger partial charge in [-0.1, -0.05) is 19.1 Å². The maximum atomic E-state index is 13.0. The van der Waals surface area contributed by atoms with Crippen molar-refractivity contribution in [3.05, 3.63) is 46.2 Å². The highest BCUT2D eigenvalue weighted by Crippen LogP contribution is 2.45. The van der Waals surface area contributed by atoms with Crippen LogP contribution >= 0.6 is 11.3 Å². The number of ether oxygens (including phenoxy) is 1. The monoisotopic (exact) mass is 454 g/mol. The van der Waals surface area contributed by atoms with Crippen molar-refractivity contribution >= 4 is 33.1 Å². The summed E-state index contributed by atoms with van der Waals surface area (Å²) in [4.78, 5) is 18.7. The van der Waals surface area contributed by atoms with Crippen molar-refractivity contribution in [2.75, 3.05) is 25.4 Å². The SMILES string of the molecule is Cc1ccc2c(N)c(C(=O)N[C@H]3COC4=C(C=CC(C)([C@@H]5CCNC[C@@H]5O)C4)C3)sc2n1. The van der Waals surface area contributed by atoms with E-state index in [0.717, 1.165) is 53.1 Å². The van der Waals surface area contributed by atoms with Crippen LogP contribution in [0.15, 0.2) is 35.6 Å². The smallest absolute Gasteiger partial charge is 0.263 e. The van der Waals surface area contributed by atoms with Gasteiger partial charge in [0.1, 0.15) is 22.1 Å². The van der Waals surface area contributed by atoms with E-state index in [-0.39, 0.29) is 29.4 Å². The summed E-state index contributed by atoms with van der Waals surface area (Å²) in [6, 6.07) is 3.71. The van der Waals surface area contributed by atoms with Crippen molar-refractivity contribution in [3.8, 4) is 0 Å². The maximum absolute atomic E-state index is 13.0. The van der Waals surface area contributed by atoms with Crippen molar-refractivity contribution in [1.29, 1.82) is 0 Å². The zero-order chi connectivity index (χ0) is 22.5. The number of hydrogen-bond donors (Lipinski definition) is 4. The van der Waals surface area contributed by atoms with Gasteiger partial charge in [0.15, 0.2) is 0 Å². The average Bonchev–Trinajstić information content (AvgIpc) is 3.10. The lowest BCUT2D eigenvalue weighted by Gasteiger charge is -2.44. The molecule has 4 atom stereocenters. The first-order valence-corrected chi connectivity index (χ1v) is 12.0. The maximum Gasteiger partial charge on any atom is 0.263 e. The number of nitrogens with zero attached hydrogens (tertiary/aromatic N) is 1. The van der Waals surface area contributed by atoms with Gasteiger partial charge < -0.3 is 26.2 Å². The minimum absolute atomic E-state index is 0.112. The topological polar surface area (TPSA) is 110 Å². The molecular formula is C24H30N4O3S. The summed E-state index contributed by atoms with van der Waals surface area (Å²) >= 11 is 1.33. The van der Waals surface area contributed by atoms with Crippen molar-refractivity contribution in [1.82, 2.24) is 15.6 Å². The molecule has 8 heteroatoms. The summed E-state index contributed by atoms with van der Waals surface area (Å²) in [5.74, 6) is 1.03. The molecule has 32 heavy (non-hydrogen) atoms. The molecule has 2 aliphatic heterocycles. The Bertz CT molecular complexity index is 1120. The third-order valence-corrected chi connectivity index (χ3v) is 8.18. The van der Waals surface area contributed by atoms with Crippen LogP contribution in [0.25, 0.3) is 10.2 Å². The molecule has 4 heterocycles. The molecule has 1 saturated heterocycles. The van der Waals surface area contributed by atoms with Crippen molar-refractivity contribution in [2.45, 2.75) is 45.3 Å². The summed E-state index contributed by atoms with van der Waals surface area (Å²) in [5.41, 5.74) is 8.65. The Hall–Kier alpha value is -2.42. The van der Waals surface area contributed by atoms with Crippen LogP contribution in [-0.4, -0.2) is 47.8 Å². The number of piperidine rings is 1. The summed E-state index contributed by atoms with van der Waals surface area (Å²) in [6.45, 7) is 6.15. The molecule has 1 fully saturated rings. The lowest BCUT2D eigenvalue weighted by Crippen LogP contribution is -2.48. The number of carbonyl (C=O) groups excluding carboxylic acids is 1. The number of aliphatic hydroxyl groups is 1. The molecular weight excluding hydrogens is 424 g/mol. The number of nitrogens with one attached hydrogen (secondary N) is 2. The van der Waals surface area contributed by atoms with Crippen molar-refractivity contribution in [3.63, 3.8) is 0 Å². The fraction of sp³-hybridized carbons (Fsp3) is 0.500. The molecule has 1 amide bonds. The number of nitrogen functional groups attached to an aromatic ring is 1. The first kappa shape index (κ1) is 21.4. The van der Waals surface area contributed by atoms with Crippen LogP contribution in [0.3, 0.4) is 0 Å². The van der Waals surface area contributed by atoms with Gasteiger partial charge in [0.25, 0.3) is 5.91 Å². The van der Waals surface area contributed by atoms with Gasteiger partial charge in [-0.2, -0.15) is 0 Å². The van der Waals surface area contributed by atoms with Crippen molar-refractivity contribution < 1.29 is 14.6 Å². The van der Waals surface area contributed by atoms with Gasteiger partial charge in [-0.3, -0.25) is 4.79 Å². The van der Waals surface area contributed by atoms with Crippen LogP contribution in [0.4, 0.5) is 5.69 Å². The molecule has 5 rings (SSSR count). The van der Waals surface area contributed by atoms with E-state index >= 15 is 0 Å². The number of anilines is 1. The number of carbonyl (C=O) groups is 1. The molecule has 3 aliphatic rings. The van der Waals surface area contributed by atoms with E-state index in [1.54, 1.807) is 0 Å². The number of nitrogens with two attached hydrogens (primary N) is 1. The standard InChI is InChI=1S/C24H30N4O3S/c1-13-3-4-16-20(25)21(32-23(16)27-13)22(30)28-15-9-14-5-7-24(2,10-19(14)31-12-15)17-6-8-26-11-18(17)29/h3-5,7,15,17-18,26,29H,6,8-12,25H2,1-2H3,(H,28,30)/t15-,17-,18+,24?/m1/s1. The molecule has 1 unspecified atom stereocenters. The summed E-state index contributed by atoms with van der Waals surface area (Å²) in [5, 5.41) is 17.7. The number of aromatic nitrogens is 1. The van der Waals surface area contributed by atoms with E-state index in [1.807, 2.05) is 19.1 Å². The second-order valence-electron chi connectivity index (χ2n) is 9.47. The number of allylic oxidation sites excluding steroid dienone is 3. The first-order valence-electron chi connectivity index (χ1n) is 11.2. The van der Waals surface area contributed by atoms with Gasteiger partial charge >= 0.3 is 0 Å². The number of amides is 1. The van der Waals surface area contributed by atoms with Gasteiger partial charge in [-0.05, 0) is 55.3 Å². The molecule has 0 saturated carbocycles. The quantitative estimate of drug-likeness (QED) is 0.568. The Morgan fingerprint density at radius 2 is 2.28 bits per heavy atom. The predicted octanol–water partition coefficient (Wildman–Crippen LogP) is 2.90. The van der Waals surface area contributed by atoms with E-state index in [9.17, 15) is 9.90 Å². The van der Waals surface area contributed by atoms with Crippen LogP contribution in [0.2, 0.25) is 0 Å². The molecule has 1 aliphatic carbocycles. The lowest BCUT2D eigenvalue weighted by atomic mass is 9.66. The number of rotatable bonds is 3. The van der Waals surface area contributed by atoms with Crippen LogP contribution < -0.4 is 16.4 Å². The Kier molecular flexibility index (Phi) is 5.47. The average molecular weight is 455 g/mol. The molecule has 2 aromatic heterocycles. The minimum atomic E-state index is -0.346. The Morgan fingerprint density at radius 1 is 1.44 bits per heavy atom. The first-order chi connectivity index (χ1) is 15.3. The Labute approximate surface area is 191 Å². The highest BCUT2D eigenvalue weighted by Gasteiger charge is 2.42. The summed E-state index contributed by atoms with van der Waals surface area (Å²) in [7, 11) is 0. The number of aliphatic hydroxyl groups excluding tert-OH is 1. The van der Waals surface area contributed by atoms with Crippen LogP contribution in [0, 0.1) is 18.3 Å².